The van der Waals surface area contributed by atoms with Gasteiger partial charge in [-0.05, 0) is 42.5 Å². The molecule has 4 nitrogen and oxygen atoms in total. The van der Waals surface area contributed by atoms with E-state index >= 15 is 0 Å². The number of benzene rings is 2. The number of carbonyl (C=O) groups is 2. The van der Waals surface area contributed by atoms with E-state index in [2.05, 4.69) is 21.2 Å². The molecule has 1 saturated heterocycles. The maximum absolute atomic E-state index is 13.0. The zero-order chi connectivity index (χ0) is 16.4. The maximum Gasteiger partial charge on any atom is 0.229 e. The van der Waals surface area contributed by atoms with Gasteiger partial charge in [-0.3, -0.25) is 9.59 Å². The Bertz CT molecular complexity index is 749. The molecule has 0 saturated carbocycles. The van der Waals surface area contributed by atoms with Crippen molar-refractivity contribution in [2.75, 3.05) is 16.8 Å². The first-order valence-corrected chi connectivity index (χ1v) is 7.94. The van der Waals surface area contributed by atoms with Crippen molar-refractivity contribution in [3.8, 4) is 0 Å². The number of nitrogens with one attached hydrogen (secondary N) is 1. The third kappa shape index (κ3) is 3.59. The molecule has 1 fully saturated rings. The van der Waals surface area contributed by atoms with Gasteiger partial charge in [-0.1, -0.05) is 22.0 Å². The van der Waals surface area contributed by atoms with Crippen LogP contribution in [0.2, 0.25) is 0 Å². The van der Waals surface area contributed by atoms with E-state index in [0.29, 0.717) is 17.9 Å². The van der Waals surface area contributed by atoms with Crippen molar-refractivity contribution < 1.29 is 14.0 Å². The topological polar surface area (TPSA) is 49.4 Å². The third-order valence-electron chi connectivity index (χ3n) is 3.73. The van der Waals surface area contributed by atoms with Gasteiger partial charge in [0.1, 0.15) is 5.82 Å². The van der Waals surface area contributed by atoms with Gasteiger partial charge in [0, 0.05) is 28.8 Å². The summed E-state index contributed by atoms with van der Waals surface area (Å²) in [6.45, 7) is 0.296. The van der Waals surface area contributed by atoms with Crippen LogP contribution in [0.25, 0.3) is 0 Å². The Balaban J connectivity index is 1.69. The maximum atomic E-state index is 13.0. The molecule has 2 aromatic rings. The molecule has 118 valence electrons. The summed E-state index contributed by atoms with van der Waals surface area (Å²) in [4.78, 5) is 26.0. The van der Waals surface area contributed by atoms with Gasteiger partial charge in [-0.2, -0.15) is 0 Å². The second kappa shape index (κ2) is 6.50. The molecule has 6 heteroatoms. The Morgan fingerprint density at radius 3 is 2.65 bits per heavy atom. The van der Waals surface area contributed by atoms with Gasteiger partial charge in [0.05, 0.1) is 5.92 Å². The second-order valence-corrected chi connectivity index (χ2v) is 6.30. The van der Waals surface area contributed by atoms with Gasteiger partial charge in [-0.15, -0.1) is 0 Å². The molecule has 1 heterocycles. The van der Waals surface area contributed by atoms with E-state index in [4.69, 9.17) is 0 Å². The molecule has 0 unspecified atom stereocenters. The van der Waals surface area contributed by atoms with E-state index in [1.165, 1.54) is 17.0 Å². The number of amides is 2. The lowest BCUT2D eigenvalue weighted by Gasteiger charge is -2.16. The van der Waals surface area contributed by atoms with Crippen LogP contribution >= 0.6 is 15.9 Å². The molecular weight excluding hydrogens is 363 g/mol. The lowest BCUT2D eigenvalue weighted by atomic mass is 10.1. The normalized spacial score (nSPS) is 17.4. The van der Waals surface area contributed by atoms with Crippen molar-refractivity contribution in [2.45, 2.75) is 6.42 Å². The Labute approximate surface area is 141 Å². The van der Waals surface area contributed by atoms with Crippen molar-refractivity contribution in [3.05, 3.63) is 58.8 Å². The molecular formula is C17H14BrFN2O2. The number of hydrogen-bond donors (Lipinski definition) is 1. The smallest absolute Gasteiger partial charge is 0.229 e. The summed E-state index contributed by atoms with van der Waals surface area (Å²) in [5.41, 5.74) is 1.28. The van der Waals surface area contributed by atoms with Crippen LogP contribution in [0.5, 0.6) is 0 Å². The summed E-state index contributed by atoms with van der Waals surface area (Å²) in [6, 6.07) is 13.0. The standard InChI is InChI=1S/C17H14BrFN2O2/c18-12-2-1-3-14(9-12)20-17(23)11-8-16(22)21(10-11)15-6-4-13(19)5-7-15/h1-7,9,11H,8,10H2,(H,20,23)/t11-/m0/s1. The molecule has 23 heavy (non-hydrogen) atoms. The predicted octanol–water partition coefficient (Wildman–Crippen LogP) is 3.58. The zero-order valence-corrected chi connectivity index (χ0v) is 13.7. The molecule has 0 aromatic heterocycles. The highest BCUT2D eigenvalue weighted by atomic mass is 79.9. The predicted molar refractivity (Wildman–Crippen MR) is 89.6 cm³/mol. The fourth-order valence-electron chi connectivity index (χ4n) is 2.56. The molecule has 0 radical (unpaired) electrons. The quantitative estimate of drug-likeness (QED) is 0.889. The molecule has 3 rings (SSSR count). The second-order valence-electron chi connectivity index (χ2n) is 5.38. The number of hydrogen-bond acceptors (Lipinski definition) is 2. The summed E-state index contributed by atoms with van der Waals surface area (Å²) >= 11 is 3.35. The van der Waals surface area contributed by atoms with Crippen molar-refractivity contribution >= 4 is 39.1 Å². The summed E-state index contributed by atoms with van der Waals surface area (Å²) in [7, 11) is 0. The number of rotatable bonds is 3. The van der Waals surface area contributed by atoms with Crippen LogP contribution in [-0.2, 0) is 9.59 Å². The SMILES string of the molecule is O=C(Nc1cccc(Br)c1)[C@H]1CC(=O)N(c2ccc(F)cc2)C1. The van der Waals surface area contributed by atoms with E-state index in [9.17, 15) is 14.0 Å². The Morgan fingerprint density at radius 2 is 1.96 bits per heavy atom. The number of anilines is 2. The van der Waals surface area contributed by atoms with Crippen molar-refractivity contribution in [1.29, 1.82) is 0 Å². The summed E-state index contributed by atoms with van der Waals surface area (Å²) < 4.78 is 13.8. The summed E-state index contributed by atoms with van der Waals surface area (Å²) in [6.07, 6.45) is 0.150. The van der Waals surface area contributed by atoms with E-state index in [0.717, 1.165) is 4.47 Å². The van der Waals surface area contributed by atoms with Crippen molar-refractivity contribution in [1.82, 2.24) is 0 Å². The van der Waals surface area contributed by atoms with E-state index in [-0.39, 0.29) is 24.1 Å². The van der Waals surface area contributed by atoms with Gasteiger partial charge in [0.2, 0.25) is 11.8 Å². The van der Waals surface area contributed by atoms with Crippen LogP contribution in [0.3, 0.4) is 0 Å². The van der Waals surface area contributed by atoms with Crippen LogP contribution in [-0.4, -0.2) is 18.4 Å². The first-order valence-electron chi connectivity index (χ1n) is 7.15. The summed E-state index contributed by atoms with van der Waals surface area (Å²) in [5.74, 6) is -1.11. The minimum atomic E-state index is -0.425. The first kappa shape index (κ1) is 15.7. The first-order chi connectivity index (χ1) is 11.0. The highest BCUT2D eigenvalue weighted by Gasteiger charge is 2.35. The average molecular weight is 377 g/mol. The van der Waals surface area contributed by atoms with Gasteiger partial charge >= 0.3 is 0 Å². The van der Waals surface area contributed by atoms with Gasteiger partial charge in [-0.25, -0.2) is 4.39 Å². The molecule has 1 atom stereocenters. The van der Waals surface area contributed by atoms with Crippen LogP contribution in [0.4, 0.5) is 15.8 Å². The number of carbonyl (C=O) groups excluding carboxylic acids is 2. The lowest BCUT2D eigenvalue weighted by Crippen LogP contribution is -2.28. The lowest BCUT2D eigenvalue weighted by molar-refractivity contribution is -0.122. The molecule has 1 N–H and O–H groups in total. The van der Waals surface area contributed by atoms with E-state index in [1.807, 2.05) is 12.1 Å². The van der Waals surface area contributed by atoms with Crippen molar-refractivity contribution in [3.63, 3.8) is 0 Å². The third-order valence-corrected chi connectivity index (χ3v) is 4.22. The minimum Gasteiger partial charge on any atom is -0.326 e. The van der Waals surface area contributed by atoms with Crippen LogP contribution < -0.4 is 10.2 Å². The Hall–Kier alpha value is -2.21. The largest absolute Gasteiger partial charge is 0.326 e. The minimum absolute atomic E-state index is 0.133. The molecule has 2 amide bonds. The Kier molecular flexibility index (Phi) is 4.43. The van der Waals surface area contributed by atoms with Crippen molar-refractivity contribution in [2.24, 2.45) is 5.92 Å². The molecule has 0 bridgehead atoms. The van der Waals surface area contributed by atoms with Crippen LogP contribution in [0.15, 0.2) is 53.0 Å². The van der Waals surface area contributed by atoms with Crippen LogP contribution in [0, 0.1) is 11.7 Å². The summed E-state index contributed by atoms with van der Waals surface area (Å²) in [5, 5.41) is 2.82. The van der Waals surface area contributed by atoms with E-state index in [1.54, 1.807) is 24.3 Å². The fraction of sp³-hybridized carbons (Fsp3) is 0.176. The van der Waals surface area contributed by atoms with E-state index < -0.39 is 5.92 Å². The molecule has 1 aliphatic rings. The molecule has 1 aliphatic heterocycles. The van der Waals surface area contributed by atoms with Gasteiger partial charge in [0.25, 0.3) is 0 Å². The molecule has 0 aliphatic carbocycles. The zero-order valence-electron chi connectivity index (χ0n) is 12.1. The van der Waals surface area contributed by atoms with Gasteiger partial charge in [0.15, 0.2) is 0 Å². The molecule has 0 spiro atoms. The Morgan fingerprint density at radius 1 is 1.22 bits per heavy atom. The fourth-order valence-corrected chi connectivity index (χ4v) is 2.96. The molecule has 2 aromatic carbocycles. The number of halogens is 2. The van der Waals surface area contributed by atoms with Crippen LogP contribution in [0.1, 0.15) is 6.42 Å². The average Bonchev–Trinajstić information content (AvgIpc) is 2.90. The number of nitrogens with zero attached hydrogens (tertiary/aromatic N) is 1. The highest BCUT2D eigenvalue weighted by Crippen LogP contribution is 2.26. The highest BCUT2D eigenvalue weighted by molar-refractivity contribution is 9.10. The monoisotopic (exact) mass is 376 g/mol. The van der Waals surface area contributed by atoms with Gasteiger partial charge < -0.3 is 10.2 Å².